The first-order valence-corrected chi connectivity index (χ1v) is 13.5. The molecule has 0 unspecified atom stereocenters. The van der Waals surface area contributed by atoms with Gasteiger partial charge >= 0.3 is 17.9 Å². The molecule has 7 heteroatoms. The number of carbonyl (C=O) groups is 3. The number of rotatable bonds is 25. The minimum atomic E-state index is -1.20. The van der Waals surface area contributed by atoms with Crippen molar-refractivity contribution in [1.29, 1.82) is 0 Å². The predicted octanol–water partition coefficient (Wildman–Crippen LogP) is 6.26. The molecule has 0 rings (SSSR count). The molecule has 7 nitrogen and oxygen atoms in total. The Kier molecular flexibility index (Phi) is 20.4. The highest BCUT2D eigenvalue weighted by Crippen LogP contribution is 2.14. The lowest BCUT2D eigenvalue weighted by atomic mass is 10.0. The normalized spacial score (nSPS) is 11.8. The molecule has 0 aromatic heterocycles. The summed E-state index contributed by atoms with van der Waals surface area (Å²) in [4.78, 5) is 33.5. The maximum absolute atomic E-state index is 11.2. The lowest BCUT2D eigenvalue weighted by molar-refractivity contribution is -0.902. The first-order chi connectivity index (χ1) is 16.3. The molecule has 0 atom stereocenters. The number of allylic oxidation sites excluding steroid dienone is 1. The summed E-state index contributed by atoms with van der Waals surface area (Å²) in [5.74, 6) is -3.60. The topological polar surface area (TPSA) is 112 Å². The standard InChI is InChI=1S/C27H49NO6/c1-2-3-4-5-6-7-8-9-10-11-12-13-14-15-16-17-18-19-20-21-28(22-25(29)30,23-26(31)32)24-27(33)34/h19-20H,2-18,21-24H2,1H3,(H2-,29,30,31,32,33,34)/p+1/b20-19+. The van der Waals surface area contributed by atoms with Gasteiger partial charge in [0.25, 0.3) is 0 Å². The molecule has 0 amide bonds. The third-order valence-corrected chi connectivity index (χ3v) is 6.30. The molecule has 0 fully saturated rings. The third kappa shape index (κ3) is 20.7. The van der Waals surface area contributed by atoms with E-state index in [1.807, 2.05) is 6.08 Å². The number of aliphatic carboxylic acids is 3. The largest absolute Gasteiger partial charge is 0.477 e. The van der Waals surface area contributed by atoms with Gasteiger partial charge in [0.15, 0.2) is 19.6 Å². The number of nitrogens with zero attached hydrogens (tertiary/aromatic N) is 1. The summed E-state index contributed by atoms with van der Waals surface area (Å²) in [6.45, 7) is 0.769. The van der Waals surface area contributed by atoms with Gasteiger partial charge in [-0.1, -0.05) is 109 Å². The second kappa shape index (κ2) is 21.6. The fourth-order valence-corrected chi connectivity index (χ4v) is 4.45. The molecule has 0 saturated carbocycles. The molecule has 198 valence electrons. The van der Waals surface area contributed by atoms with Gasteiger partial charge < -0.3 is 15.3 Å². The van der Waals surface area contributed by atoms with Gasteiger partial charge in [-0.05, 0) is 18.9 Å². The van der Waals surface area contributed by atoms with Crippen molar-refractivity contribution in [2.75, 3.05) is 26.2 Å². The number of unbranched alkanes of at least 4 members (excludes halogenated alkanes) is 16. The smallest absolute Gasteiger partial charge is 0.359 e. The molecule has 0 radical (unpaired) electrons. The average Bonchev–Trinajstić information content (AvgIpc) is 2.73. The van der Waals surface area contributed by atoms with E-state index in [4.69, 9.17) is 15.3 Å². The van der Waals surface area contributed by atoms with Crippen molar-refractivity contribution < 1.29 is 34.2 Å². The van der Waals surface area contributed by atoms with Crippen LogP contribution in [0.2, 0.25) is 0 Å². The minimum Gasteiger partial charge on any atom is -0.477 e. The van der Waals surface area contributed by atoms with Crippen LogP contribution in [0.15, 0.2) is 12.2 Å². The Morgan fingerprint density at radius 1 is 0.529 bits per heavy atom. The van der Waals surface area contributed by atoms with E-state index in [9.17, 15) is 14.4 Å². The summed E-state index contributed by atoms with van der Waals surface area (Å²) in [6, 6.07) is 0. The van der Waals surface area contributed by atoms with Crippen LogP contribution >= 0.6 is 0 Å². The van der Waals surface area contributed by atoms with Gasteiger partial charge in [-0.15, -0.1) is 0 Å². The van der Waals surface area contributed by atoms with Crippen molar-refractivity contribution in [2.45, 2.75) is 116 Å². The van der Waals surface area contributed by atoms with E-state index < -0.39 is 42.0 Å². The number of quaternary nitrogens is 1. The van der Waals surface area contributed by atoms with Crippen molar-refractivity contribution >= 4 is 17.9 Å². The van der Waals surface area contributed by atoms with E-state index in [-0.39, 0.29) is 6.54 Å². The highest BCUT2D eigenvalue weighted by Gasteiger charge is 2.34. The van der Waals surface area contributed by atoms with Gasteiger partial charge in [0, 0.05) is 0 Å². The van der Waals surface area contributed by atoms with Crippen molar-refractivity contribution in [3.63, 3.8) is 0 Å². The molecule has 34 heavy (non-hydrogen) atoms. The van der Waals surface area contributed by atoms with Crippen LogP contribution in [0.4, 0.5) is 0 Å². The fourth-order valence-electron chi connectivity index (χ4n) is 4.45. The minimum absolute atomic E-state index is 0.0871. The van der Waals surface area contributed by atoms with Crippen LogP contribution in [0.25, 0.3) is 0 Å². The van der Waals surface area contributed by atoms with E-state index >= 15 is 0 Å². The Labute approximate surface area is 206 Å². The third-order valence-electron chi connectivity index (χ3n) is 6.30. The maximum Gasteiger partial charge on any atom is 0.359 e. The highest BCUT2D eigenvalue weighted by atomic mass is 16.4. The number of hydrogen-bond donors (Lipinski definition) is 3. The van der Waals surface area contributed by atoms with Crippen LogP contribution in [-0.2, 0) is 14.4 Å². The first-order valence-electron chi connectivity index (χ1n) is 13.5. The van der Waals surface area contributed by atoms with E-state index in [0.717, 1.165) is 19.3 Å². The number of carboxylic acids is 3. The number of carboxylic acid groups (broad SMARTS) is 3. The lowest BCUT2D eigenvalue weighted by Gasteiger charge is -2.33. The van der Waals surface area contributed by atoms with Gasteiger partial charge in [-0.2, -0.15) is 0 Å². The second-order valence-corrected chi connectivity index (χ2v) is 9.74. The van der Waals surface area contributed by atoms with Gasteiger partial charge in [-0.3, -0.25) is 4.48 Å². The quantitative estimate of drug-likeness (QED) is 0.0800. The Morgan fingerprint density at radius 3 is 1.18 bits per heavy atom. The molecular formula is C27H50NO6+. The Balaban J connectivity index is 3.80. The molecule has 0 aliphatic rings. The van der Waals surface area contributed by atoms with Crippen LogP contribution in [-0.4, -0.2) is 63.9 Å². The molecule has 0 aliphatic heterocycles. The highest BCUT2D eigenvalue weighted by molar-refractivity contribution is 5.73. The van der Waals surface area contributed by atoms with Gasteiger partial charge in [0.1, 0.15) is 0 Å². The SMILES string of the molecule is CCCCCCCCCCCCCCCCCC/C=C/C[N+](CC(=O)O)(CC(=O)O)CC(=O)O. The van der Waals surface area contributed by atoms with Gasteiger partial charge in [0.2, 0.25) is 0 Å². The molecule has 0 bridgehead atoms. The molecular weight excluding hydrogens is 434 g/mol. The van der Waals surface area contributed by atoms with Crippen LogP contribution in [0.1, 0.15) is 116 Å². The first kappa shape index (κ1) is 32.1. The van der Waals surface area contributed by atoms with Crippen molar-refractivity contribution in [2.24, 2.45) is 0 Å². The van der Waals surface area contributed by atoms with Gasteiger partial charge in [-0.25, -0.2) is 14.4 Å². The molecule has 0 aromatic rings. The summed E-state index contributed by atoms with van der Waals surface area (Å²) in [5.41, 5.74) is 0. The lowest BCUT2D eigenvalue weighted by Crippen LogP contribution is -2.56. The average molecular weight is 485 g/mol. The van der Waals surface area contributed by atoms with Crippen molar-refractivity contribution in [1.82, 2.24) is 0 Å². The molecule has 0 heterocycles. The maximum atomic E-state index is 11.2. The van der Waals surface area contributed by atoms with E-state index in [1.165, 1.54) is 89.9 Å². The fraction of sp³-hybridized carbons (Fsp3) is 0.815. The van der Waals surface area contributed by atoms with E-state index in [1.54, 1.807) is 6.08 Å². The zero-order valence-corrected chi connectivity index (χ0v) is 21.5. The zero-order valence-electron chi connectivity index (χ0n) is 21.5. The molecule has 0 saturated heterocycles. The van der Waals surface area contributed by atoms with Crippen molar-refractivity contribution in [3.05, 3.63) is 12.2 Å². The zero-order chi connectivity index (χ0) is 25.5. The summed E-state index contributed by atoms with van der Waals surface area (Å²) >= 11 is 0. The molecule has 0 aliphatic carbocycles. The van der Waals surface area contributed by atoms with Crippen LogP contribution < -0.4 is 0 Å². The molecule has 0 aromatic carbocycles. The predicted molar refractivity (Wildman–Crippen MR) is 136 cm³/mol. The number of hydrogen-bond acceptors (Lipinski definition) is 3. The van der Waals surface area contributed by atoms with Crippen molar-refractivity contribution in [3.8, 4) is 0 Å². The van der Waals surface area contributed by atoms with Crippen LogP contribution in [0, 0.1) is 0 Å². The van der Waals surface area contributed by atoms with Crippen LogP contribution in [0.5, 0.6) is 0 Å². The van der Waals surface area contributed by atoms with Gasteiger partial charge in [0.05, 0.1) is 6.54 Å². The van der Waals surface area contributed by atoms with E-state index in [2.05, 4.69) is 6.92 Å². The molecule has 3 N–H and O–H groups in total. The van der Waals surface area contributed by atoms with Crippen LogP contribution in [0.3, 0.4) is 0 Å². The summed E-state index contributed by atoms with van der Waals surface area (Å²) in [7, 11) is 0. The molecule has 0 spiro atoms. The summed E-state index contributed by atoms with van der Waals surface area (Å²) in [5, 5.41) is 27.3. The summed E-state index contributed by atoms with van der Waals surface area (Å²) in [6.07, 6.45) is 25.6. The Hall–Kier alpha value is -1.89. The second-order valence-electron chi connectivity index (χ2n) is 9.74. The Morgan fingerprint density at radius 2 is 0.853 bits per heavy atom. The Bertz CT molecular complexity index is 535. The monoisotopic (exact) mass is 484 g/mol. The summed E-state index contributed by atoms with van der Waals surface area (Å²) < 4.78 is -0.518. The van der Waals surface area contributed by atoms with E-state index in [0.29, 0.717) is 0 Å².